The van der Waals surface area contributed by atoms with Gasteiger partial charge in [-0.3, -0.25) is 4.79 Å². The standard InChI is InChI=1S/C27H32F4N2O4/c1-6-17-11-20(27(29,30)31)24(32-14-17)37-23-12-19(26(35)36-5)22(13-21(23)28)33(15(2)3)25(34)18-9-7-16(4)8-10-18/h11-16,18H,6-10H2,1-5H3. The fourth-order valence-electron chi connectivity index (χ4n) is 4.53. The van der Waals surface area contributed by atoms with E-state index in [2.05, 4.69) is 11.9 Å². The lowest BCUT2D eigenvalue weighted by molar-refractivity contribution is -0.139. The van der Waals surface area contributed by atoms with E-state index in [9.17, 15) is 22.8 Å². The summed E-state index contributed by atoms with van der Waals surface area (Å²) in [5.41, 5.74) is -1.07. The van der Waals surface area contributed by atoms with Crippen LogP contribution in [0, 0.1) is 17.7 Å². The molecule has 0 saturated heterocycles. The summed E-state index contributed by atoms with van der Waals surface area (Å²) in [5, 5.41) is 0. The zero-order valence-electron chi connectivity index (χ0n) is 21.6. The number of nitrogens with zero attached hydrogens (tertiary/aromatic N) is 2. The molecular weight excluding hydrogens is 492 g/mol. The summed E-state index contributed by atoms with van der Waals surface area (Å²) in [6.07, 6.45) is -0.141. The number of ether oxygens (including phenoxy) is 2. The van der Waals surface area contributed by atoms with Crippen molar-refractivity contribution in [2.45, 2.75) is 72.0 Å². The van der Waals surface area contributed by atoms with Crippen molar-refractivity contribution in [3.63, 3.8) is 0 Å². The van der Waals surface area contributed by atoms with E-state index in [1.807, 2.05) is 0 Å². The zero-order chi connectivity index (χ0) is 27.5. The van der Waals surface area contributed by atoms with Crippen LogP contribution < -0.4 is 9.64 Å². The van der Waals surface area contributed by atoms with E-state index in [4.69, 9.17) is 9.47 Å². The van der Waals surface area contributed by atoms with Gasteiger partial charge in [0.2, 0.25) is 11.8 Å². The number of esters is 1. The summed E-state index contributed by atoms with van der Waals surface area (Å²) in [7, 11) is 1.12. The van der Waals surface area contributed by atoms with E-state index < -0.39 is 41.2 Å². The Bertz CT molecular complexity index is 1140. The summed E-state index contributed by atoms with van der Waals surface area (Å²) < 4.78 is 66.4. The van der Waals surface area contributed by atoms with E-state index >= 15 is 4.39 Å². The van der Waals surface area contributed by atoms with E-state index in [0.29, 0.717) is 30.7 Å². The molecule has 1 aromatic carbocycles. The predicted molar refractivity (Wildman–Crippen MR) is 130 cm³/mol. The third kappa shape index (κ3) is 6.40. The maximum absolute atomic E-state index is 15.3. The highest BCUT2D eigenvalue weighted by Gasteiger charge is 2.37. The normalized spacial score (nSPS) is 18.0. The average molecular weight is 525 g/mol. The summed E-state index contributed by atoms with van der Waals surface area (Å²) >= 11 is 0. The lowest BCUT2D eigenvalue weighted by Crippen LogP contribution is -2.43. The van der Waals surface area contributed by atoms with E-state index in [0.717, 1.165) is 38.2 Å². The molecule has 1 fully saturated rings. The van der Waals surface area contributed by atoms with Crippen LogP contribution in [-0.2, 0) is 22.1 Å². The fourth-order valence-corrected chi connectivity index (χ4v) is 4.53. The minimum Gasteiger partial charge on any atom is -0.465 e. The molecule has 6 nitrogen and oxygen atoms in total. The second-order valence-electron chi connectivity index (χ2n) is 9.70. The highest BCUT2D eigenvalue weighted by Crippen LogP contribution is 2.40. The Morgan fingerprint density at radius 3 is 2.32 bits per heavy atom. The Morgan fingerprint density at radius 2 is 1.78 bits per heavy atom. The van der Waals surface area contributed by atoms with Crippen LogP contribution in [0.5, 0.6) is 11.6 Å². The number of carbonyl (C=O) groups excluding carboxylic acids is 2. The second-order valence-corrected chi connectivity index (χ2v) is 9.70. The number of hydrogen-bond acceptors (Lipinski definition) is 5. The lowest BCUT2D eigenvalue weighted by Gasteiger charge is -2.34. The molecule has 10 heteroatoms. The molecule has 0 unspecified atom stereocenters. The van der Waals surface area contributed by atoms with Gasteiger partial charge in [0, 0.05) is 30.3 Å². The number of amides is 1. The number of aromatic nitrogens is 1. The lowest BCUT2D eigenvalue weighted by atomic mass is 9.82. The molecule has 1 heterocycles. The van der Waals surface area contributed by atoms with Crippen molar-refractivity contribution in [3.05, 3.63) is 46.9 Å². The van der Waals surface area contributed by atoms with Gasteiger partial charge in [-0.2, -0.15) is 13.2 Å². The van der Waals surface area contributed by atoms with Crippen LogP contribution >= 0.6 is 0 Å². The Hall–Kier alpha value is -3.17. The maximum atomic E-state index is 15.3. The van der Waals surface area contributed by atoms with Crippen LogP contribution in [0.3, 0.4) is 0 Å². The molecule has 202 valence electrons. The molecule has 1 amide bonds. The molecule has 1 saturated carbocycles. The fraction of sp³-hybridized carbons (Fsp3) is 0.519. The Kier molecular flexibility index (Phi) is 8.81. The van der Waals surface area contributed by atoms with Gasteiger partial charge in [0.05, 0.1) is 18.4 Å². The zero-order valence-corrected chi connectivity index (χ0v) is 21.6. The van der Waals surface area contributed by atoms with Crippen LogP contribution in [0.4, 0.5) is 23.2 Å². The number of aryl methyl sites for hydroxylation is 1. The predicted octanol–water partition coefficient (Wildman–Crippen LogP) is 6.95. The summed E-state index contributed by atoms with van der Waals surface area (Å²) in [6, 6.07) is 2.34. The number of anilines is 1. The second kappa shape index (κ2) is 11.5. The van der Waals surface area contributed by atoms with Gasteiger partial charge in [-0.1, -0.05) is 13.8 Å². The topological polar surface area (TPSA) is 68.7 Å². The Balaban J connectivity index is 2.07. The summed E-state index contributed by atoms with van der Waals surface area (Å²) in [5.74, 6) is -3.43. The Morgan fingerprint density at radius 1 is 1.14 bits per heavy atom. The van der Waals surface area contributed by atoms with Crippen LogP contribution in [0.25, 0.3) is 0 Å². The molecule has 1 aliphatic rings. The number of benzene rings is 1. The van der Waals surface area contributed by atoms with Gasteiger partial charge in [-0.05, 0) is 63.5 Å². The van der Waals surface area contributed by atoms with Crippen molar-refractivity contribution < 1.29 is 36.6 Å². The number of hydrogen-bond donors (Lipinski definition) is 0. The smallest absolute Gasteiger partial charge is 0.421 e. The van der Waals surface area contributed by atoms with E-state index in [-0.39, 0.29) is 23.1 Å². The van der Waals surface area contributed by atoms with Crippen LogP contribution in [0.15, 0.2) is 24.4 Å². The largest absolute Gasteiger partial charge is 0.465 e. The molecule has 2 aromatic rings. The minimum absolute atomic E-state index is 0.0272. The number of alkyl halides is 3. The number of carbonyl (C=O) groups is 2. The van der Waals surface area contributed by atoms with Crippen LogP contribution in [0.1, 0.15) is 74.9 Å². The van der Waals surface area contributed by atoms with Crippen LogP contribution in [0.2, 0.25) is 0 Å². The average Bonchev–Trinajstić information content (AvgIpc) is 2.84. The molecule has 1 aromatic heterocycles. The van der Waals surface area contributed by atoms with E-state index in [1.165, 1.54) is 11.1 Å². The van der Waals surface area contributed by atoms with Crippen molar-refractivity contribution in [2.24, 2.45) is 11.8 Å². The third-order valence-electron chi connectivity index (χ3n) is 6.66. The van der Waals surface area contributed by atoms with Gasteiger partial charge in [-0.15, -0.1) is 0 Å². The van der Waals surface area contributed by atoms with Gasteiger partial charge in [0.1, 0.15) is 5.56 Å². The monoisotopic (exact) mass is 524 g/mol. The van der Waals surface area contributed by atoms with Gasteiger partial charge < -0.3 is 14.4 Å². The van der Waals surface area contributed by atoms with E-state index in [1.54, 1.807) is 20.8 Å². The minimum atomic E-state index is -4.80. The number of halogens is 4. The number of pyridine rings is 1. The third-order valence-corrected chi connectivity index (χ3v) is 6.66. The maximum Gasteiger partial charge on any atom is 0.421 e. The first-order valence-corrected chi connectivity index (χ1v) is 12.4. The van der Waals surface area contributed by atoms with Gasteiger partial charge in [-0.25, -0.2) is 14.2 Å². The highest BCUT2D eigenvalue weighted by atomic mass is 19.4. The van der Waals surface area contributed by atoms with Crippen molar-refractivity contribution >= 4 is 17.6 Å². The first-order valence-electron chi connectivity index (χ1n) is 12.4. The van der Waals surface area contributed by atoms with Gasteiger partial charge >= 0.3 is 12.1 Å². The van der Waals surface area contributed by atoms with Crippen molar-refractivity contribution in [2.75, 3.05) is 12.0 Å². The number of rotatable bonds is 7. The van der Waals surface area contributed by atoms with Gasteiger partial charge in [0.25, 0.3) is 0 Å². The summed E-state index contributed by atoms with van der Waals surface area (Å²) in [4.78, 5) is 31.3. The molecule has 0 radical (unpaired) electrons. The summed E-state index contributed by atoms with van der Waals surface area (Å²) in [6.45, 7) is 7.27. The molecular formula is C27H32F4N2O4. The van der Waals surface area contributed by atoms with Crippen molar-refractivity contribution in [1.29, 1.82) is 0 Å². The molecule has 0 spiro atoms. The van der Waals surface area contributed by atoms with Gasteiger partial charge in [0.15, 0.2) is 11.6 Å². The van der Waals surface area contributed by atoms with Crippen LogP contribution in [-0.4, -0.2) is 30.0 Å². The molecule has 1 aliphatic carbocycles. The molecule has 3 rings (SSSR count). The SMILES string of the molecule is CCc1cnc(Oc2cc(C(=O)OC)c(N(C(=O)C3CCC(C)CC3)C(C)C)cc2F)c(C(F)(F)F)c1. The first-order chi connectivity index (χ1) is 17.4. The molecule has 0 N–H and O–H groups in total. The Labute approximate surface area is 214 Å². The van der Waals surface area contributed by atoms with Crippen molar-refractivity contribution in [1.82, 2.24) is 4.98 Å². The highest BCUT2D eigenvalue weighted by molar-refractivity contribution is 6.04. The number of methoxy groups -OCH3 is 1. The molecule has 0 bridgehead atoms. The molecule has 0 atom stereocenters. The molecule has 37 heavy (non-hydrogen) atoms. The molecule has 0 aliphatic heterocycles. The van der Waals surface area contributed by atoms with Crippen molar-refractivity contribution in [3.8, 4) is 11.6 Å². The quantitative estimate of drug-likeness (QED) is 0.290. The first kappa shape index (κ1) is 28.4.